The summed E-state index contributed by atoms with van der Waals surface area (Å²) in [6.45, 7) is 2.57. The van der Waals surface area contributed by atoms with E-state index in [2.05, 4.69) is 24.0 Å². The predicted molar refractivity (Wildman–Crippen MR) is 84.7 cm³/mol. The molecule has 1 aliphatic carbocycles. The number of imidazole rings is 1. The number of ether oxygens (including phenoxy) is 1. The van der Waals surface area contributed by atoms with Crippen LogP contribution < -0.4 is 0 Å². The molecular formula is C18H22N2O2. The van der Waals surface area contributed by atoms with E-state index in [1.165, 1.54) is 19.3 Å². The molecule has 1 atom stereocenters. The number of hydrogen-bond acceptors (Lipinski definition) is 3. The second-order valence-corrected chi connectivity index (χ2v) is 5.99. The summed E-state index contributed by atoms with van der Waals surface area (Å²) in [5.74, 6) is 0.473. The van der Waals surface area contributed by atoms with E-state index >= 15 is 0 Å². The average molecular weight is 298 g/mol. The van der Waals surface area contributed by atoms with E-state index in [4.69, 9.17) is 4.74 Å². The summed E-state index contributed by atoms with van der Waals surface area (Å²) in [5, 5.41) is 0. The molecule has 0 bridgehead atoms. The minimum Gasteiger partial charge on any atom is -0.461 e. The van der Waals surface area contributed by atoms with Crippen LogP contribution in [0.4, 0.5) is 0 Å². The molecule has 4 nitrogen and oxygen atoms in total. The first-order valence-electron chi connectivity index (χ1n) is 7.99. The number of esters is 1. The molecule has 4 heteroatoms. The highest BCUT2D eigenvalue weighted by atomic mass is 16.5. The quantitative estimate of drug-likeness (QED) is 0.761. The molecule has 1 aromatic carbocycles. The van der Waals surface area contributed by atoms with E-state index in [1.807, 2.05) is 22.8 Å². The summed E-state index contributed by atoms with van der Waals surface area (Å²) < 4.78 is 7.30. The fourth-order valence-corrected chi connectivity index (χ4v) is 2.84. The lowest BCUT2D eigenvalue weighted by atomic mass is 9.83. The van der Waals surface area contributed by atoms with Crippen molar-refractivity contribution >= 4 is 5.97 Å². The molecule has 0 unspecified atom stereocenters. The van der Waals surface area contributed by atoms with Gasteiger partial charge in [-0.15, -0.1) is 0 Å². The highest BCUT2D eigenvalue weighted by Gasteiger charge is 2.20. The highest BCUT2D eigenvalue weighted by Crippen LogP contribution is 2.29. The Morgan fingerprint density at radius 3 is 2.82 bits per heavy atom. The van der Waals surface area contributed by atoms with E-state index < -0.39 is 0 Å². The van der Waals surface area contributed by atoms with Crippen LogP contribution in [0.3, 0.4) is 0 Å². The van der Waals surface area contributed by atoms with Gasteiger partial charge in [0.05, 0.1) is 25.2 Å². The average Bonchev–Trinajstić information content (AvgIpc) is 2.99. The van der Waals surface area contributed by atoms with E-state index in [-0.39, 0.29) is 12.0 Å². The summed E-state index contributed by atoms with van der Waals surface area (Å²) in [7, 11) is 0. The topological polar surface area (TPSA) is 44.1 Å². The summed E-state index contributed by atoms with van der Waals surface area (Å²) >= 11 is 0. The third-order valence-corrected chi connectivity index (χ3v) is 4.56. The smallest absolute Gasteiger partial charge is 0.356 e. The lowest BCUT2D eigenvalue weighted by molar-refractivity contribution is 0.0451. The van der Waals surface area contributed by atoms with Crippen molar-refractivity contribution in [3.05, 3.63) is 54.1 Å². The van der Waals surface area contributed by atoms with Gasteiger partial charge in [0, 0.05) is 0 Å². The Morgan fingerprint density at radius 2 is 2.14 bits per heavy atom. The van der Waals surface area contributed by atoms with Crippen LogP contribution in [0.25, 0.3) is 0 Å². The van der Waals surface area contributed by atoms with Crippen molar-refractivity contribution < 1.29 is 9.53 Å². The highest BCUT2D eigenvalue weighted by molar-refractivity contribution is 5.87. The first kappa shape index (κ1) is 14.8. The summed E-state index contributed by atoms with van der Waals surface area (Å²) in [6, 6.07) is 10.1. The zero-order valence-corrected chi connectivity index (χ0v) is 12.9. The second kappa shape index (κ2) is 6.77. The number of aromatic nitrogens is 2. The van der Waals surface area contributed by atoms with Crippen LogP contribution in [-0.4, -0.2) is 22.1 Å². The minimum absolute atomic E-state index is 0.0536. The number of carbonyl (C=O) groups is 1. The summed E-state index contributed by atoms with van der Waals surface area (Å²) in [6.07, 6.45) is 8.14. The number of benzene rings is 1. The minimum atomic E-state index is -0.278. The molecule has 0 aliphatic heterocycles. The molecule has 22 heavy (non-hydrogen) atoms. The normalized spacial score (nSPS) is 16.0. The maximum atomic E-state index is 12.3. The zero-order valence-electron chi connectivity index (χ0n) is 12.9. The van der Waals surface area contributed by atoms with E-state index in [9.17, 15) is 4.79 Å². The number of rotatable bonds is 6. The fraction of sp³-hybridized carbons (Fsp3) is 0.444. The van der Waals surface area contributed by atoms with Crippen LogP contribution in [-0.2, 0) is 4.74 Å². The fourth-order valence-electron chi connectivity index (χ4n) is 2.84. The van der Waals surface area contributed by atoms with Crippen molar-refractivity contribution in [1.82, 2.24) is 9.55 Å². The molecule has 1 aromatic heterocycles. The largest absolute Gasteiger partial charge is 0.461 e. The van der Waals surface area contributed by atoms with Gasteiger partial charge in [0.2, 0.25) is 0 Å². The van der Waals surface area contributed by atoms with Crippen LogP contribution in [0, 0.1) is 5.92 Å². The van der Waals surface area contributed by atoms with Gasteiger partial charge in [-0.2, -0.15) is 0 Å². The zero-order chi connectivity index (χ0) is 15.4. The molecule has 116 valence electrons. The predicted octanol–water partition coefficient (Wildman–Crippen LogP) is 3.84. The van der Waals surface area contributed by atoms with Crippen molar-refractivity contribution in [2.45, 2.75) is 38.6 Å². The van der Waals surface area contributed by atoms with Crippen molar-refractivity contribution in [2.24, 2.45) is 5.92 Å². The number of carbonyl (C=O) groups excluding carboxylic acids is 1. The lowest BCUT2D eigenvalue weighted by Crippen LogP contribution is -2.18. The molecule has 0 radical (unpaired) electrons. The first-order valence-corrected chi connectivity index (χ1v) is 7.99. The van der Waals surface area contributed by atoms with Gasteiger partial charge in [0.1, 0.15) is 5.69 Å². The van der Waals surface area contributed by atoms with Gasteiger partial charge >= 0.3 is 5.97 Å². The van der Waals surface area contributed by atoms with Gasteiger partial charge in [-0.1, -0.05) is 49.6 Å². The molecule has 0 amide bonds. The van der Waals surface area contributed by atoms with Crippen LogP contribution in [0.2, 0.25) is 0 Å². The number of nitrogens with zero attached hydrogens (tertiary/aromatic N) is 2. The first-order chi connectivity index (χ1) is 10.8. The van der Waals surface area contributed by atoms with E-state index in [0.717, 1.165) is 17.9 Å². The maximum Gasteiger partial charge on any atom is 0.356 e. The third-order valence-electron chi connectivity index (χ3n) is 4.56. The molecule has 0 saturated heterocycles. The molecule has 0 N–H and O–H groups in total. The maximum absolute atomic E-state index is 12.3. The van der Waals surface area contributed by atoms with Crippen molar-refractivity contribution in [1.29, 1.82) is 0 Å². The standard InChI is InChI=1S/C18H22N2O2/c1-14(16-8-3-2-4-9-16)20-13-19-12-17(20)18(21)22-11-10-15-6-5-7-15/h2-4,8-9,12-15H,5-7,10-11H2,1H3/t14-/m1/s1. The molecule has 0 spiro atoms. The van der Waals surface area contributed by atoms with Crippen LogP contribution in [0.1, 0.15) is 54.7 Å². The summed E-state index contributed by atoms with van der Waals surface area (Å²) in [4.78, 5) is 16.4. The molecule has 3 rings (SSSR count). The van der Waals surface area contributed by atoms with Crippen LogP contribution in [0.15, 0.2) is 42.9 Å². The Bertz CT molecular complexity index is 617. The molecule has 2 aromatic rings. The van der Waals surface area contributed by atoms with Gasteiger partial charge in [-0.05, 0) is 24.8 Å². The van der Waals surface area contributed by atoms with Gasteiger partial charge in [-0.25, -0.2) is 9.78 Å². The molecule has 1 heterocycles. The van der Waals surface area contributed by atoms with Crippen molar-refractivity contribution in [3.8, 4) is 0 Å². The molecule has 1 fully saturated rings. The Morgan fingerprint density at radius 1 is 1.36 bits per heavy atom. The Balaban J connectivity index is 1.64. The third kappa shape index (κ3) is 3.21. The van der Waals surface area contributed by atoms with Gasteiger partial charge < -0.3 is 9.30 Å². The van der Waals surface area contributed by atoms with Gasteiger partial charge in [0.15, 0.2) is 0 Å². The number of hydrogen-bond donors (Lipinski definition) is 0. The van der Waals surface area contributed by atoms with Crippen molar-refractivity contribution in [2.75, 3.05) is 6.61 Å². The van der Waals surface area contributed by atoms with Crippen molar-refractivity contribution in [3.63, 3.8) is 0 Å². The van der Waals surface area contributed by atoms with Gasteiger partial charge in [-0.3, -0.25) is 0 Å². The van der Waals surface area contributed by atoms with E-state index in [1.54, 1.807) is 12.5 Å². The Kier molecular flexibility index (Phi) is 4.56. The second-order valence-electron chi connectivity index (χ2n) is 5.99. The summed E-state index contributed by atoms with van der Waals surface area (Å²) in [5.41, 5.74) is 1.66. The lowest BCUT2D eigenvalue weighted by Gasteiger charge is -2.24. The Labute approximate surface area is 131 Å². The monoisotopic (exact) mass is 298 g/mol. The molecule has 1 aliphatic rings. The Hall–Kier alpha value is -2.10. The van der Waals surface area contributed by atoms with Gasteiger partial charge in [0.25, 0.3) is 0 Å². The SMILES string of the molecule is C[C@H](c1ccccc1)n1cncc1C(=O)OCCC1CCC1. The molecular weight excluding hydrogens is 276 g/mol. The van der Waals surface area contributed by atoms with Crippen LogP contribution in [0.5, 0.6) is 0 Å². The molecule has 1 saturated carbocycles. The van der Waals surface area contributed by atoms with Crippen LogP contribution >= 0.6 is 0 Å². The van der Waals surface area contributed by atoms with E-state index in [0.29, 0.717) is 12.3 Å².